The van der Waals surface area contributed by atoms with Crippen molar-refractivity contribution < 1.29 is 14.4 Å². The molecule has 1 fully saturated rings. The highest BCUT2D eigenvalue weighted by Crippen LogP contribution is 2.23. The number of barbiturate groups is 1. The molecule has 0 atom stereocenters. The van der Waals surface area contributed by atoms with Crippen LogP contribution < -0.4 is 10.2 Å². The predicted molar refractivity (Wildman–Crippen MR) is 104 cm³/mol. The van der Waals surface area contributed by atoms with Crippen LogP contribution in [0.1, 0.15) is 5.56 Å². The molecule has 0 bridgehead atoms. The van der Waals surface area contributed by atoms with Gasteiger partial charge in [-0.05, 0) is 42.5 Å². The summed E-state index contributed by atoms with van der Waals surface area (Å²) in [5.41, 5.74) is 1.53. The highest BCUT2D eigenvalue weighted by molar-refractivity contribution is 6.39. The van der Waals surface area contributed by atoms with E-state index in [4.69, 9.17) is 11.6 Å². The maximum atomic E-state index is 12.8. The molecule has 7 nitrogen and oxygen atoms in total. The third-order valence-corrected chi connectivity index (χ3v) is 4.37. The minimum Gasteiger partial charge on any atom is -0.273 e. The maximum Gasteiger partial charge on any atom is 0.335 e. The topological polar surface area (TPSA) is 84.3 Å². The van der Waals surface area contributed by atoms with Gasteiger partial charge >= 0.3 is 6.03 Å². The summed E-state index contributed by atoms with van der Waals surface area (Å²) in [4.78, 5) is 38.1. The predicted octanol–water partition coefficient (Wildman–Crippen LogP) is 3.19. The van der Waals surface area contributed by atoms with Gasteiger partial charge in [-0.2, -0.15) is 5.10 Å². The third kappa shape index (κ3) is 3.30. The molecule has 2 aromatic carbocycles. The van der Waals surface area contributed by atoms with Crippen molar-refractivity contribution in [3.05, 3.63) is 83.2 Å². The summed E-state index contributed by atoms with van der Waals surface area (Å²) in [7, 11) is 0. The molecule has 4 rings (SSSR count). The van der Waals surface area contributed by atoms with E-state index in [0.717, 1.165) is 10.6 Å². The minimum atomic E-state index is -0.811. The van der Waals surface area contributed by atoms with Crippen molar-refractivity contribution in [2.75, 3.05) is 4.90 Å². The summed E-state index contributed by atoms with van der Waals surface area (Å²) in [6.07, 6.45) is 4.62. The summed E-state index contributed by atoms with van der Waals surface area (Å²) in [6.45, 7) is 0. The molecule has 0 aliphatic carbocycles. The smallest absolute Gasteiger partial charge is 0.273 e. The Bertz CT molecular complexity index is 1100. The molecule has 1 aliphatic rings. The van der Waals surface area contributed by atoms with Gasteiger partial charge in [0.25, 0.3) is 11.8 Å². The Morgan fingerprint density at radius 1 is 0.929 bits per heavy atom. The number of imide groups is 2. The van der Waals surface area contributed by atoms with E-state index in [1.54, 1.807) is 23.0 Å². The van der Waals surface area contributed by atoms with Crippen LogP contribution in [0.5, 0.6) is 0 Å². The fourth-order valence-electron chi connectivity index (χ4n) is 2.78. The summed E-state index contributed by atoms with van der Waals surface area (Å²) >= 11 is 5.86. The number of para-hydroxylation sites is 1. The van der Waals surface area contributed by atoms with Crippen LogP contribution in [0.25, 0.3) is 11.8 Å². The lowest BCUT2D eigenvalue weighted by molar-refractivity contribution is -0.122. The van der Waals surface area contributed by atoms with Crippen LogP contribution in [0, 0.1) is 0 Å². The Kier molecular flexibility index (Phi) is 4.50. The van der Waals surface area contributed by atoms with Crippen LogP contribution in [0.15, 0.2) is 72.6 Å². The van der Waals surface area contributed by atoms with Crippen molar-refractivity contribution in [2.24, 2.45) is 0 Å². The number of hydrogen-bond donors (Lipinski definition) is 1. The van der Waals surface area contributed by atoms with Gasteiger partial charge in [-0.25, -0.2) is 14.4 Å². The first-order valence-corrected chi connectivity index (χ1v) is 8.68. The Hall–Kier alpha value is -3.71. The zero-order valence-corrected chi connectivity index (χ0v) is 15.1. The van der Waals surface area contributed by atoms with E-state index in [1.807, 2.05) is 30.3 Å². The Labute approximate surface area is 164 Å². The second-order valence-corrected chi connectivity index (χ2v) is 6.42. The number of benzene rings is 2. The monoisotopic (exact) mass is 392 g/mol. The van der Waals surface area contributed by atoms with Crippen molar-refractivity contribution in [3.63, 3.8) is 0 Å². The average Bonchev–Trinajstić information content (AvgIpc) is 3.16. The summed E-state index contributed by atoms with van der Waals surface area (Å²) < 4.78 is 1.62. The van der Waals surface area contributed by atoms with Crippen LogP contribution in [-0.2, 0) is 9.59 Å². The van der Waals surface area contributed by atoms with Gasteiger partial charge < -0.3 is 0 Å². The summed E-state index contributed by atoms with van der Waals surface area (Å²) in [5, 5.41) is 6.88. The molecular weight excluding hydrogens is 380 g/mol. The van der Waals surface area contributed by atoms with Crippen molar-refractivity contribution in [3.8, 4) is 5.69 Å². The highest BCUT2D eigenvalue weighted by atomic mass is 35.5. The Morgan fingerprint density at radius 3 is 2.36 bits per heavy atom. The molecule has 4 amide bonds. The molecule has 1 N–H and O–H groups in total. The maximum absolute atomic E-state index is 12.8. The quantitative estimate of drug-likeness (QED) is 0.548. The lowest BCUT2D eigenvalue weighted by atomic mass is 10.1. The van der Waals surface area contributed by atoms with Crippen LogP contribution in [0.2, 0.25) is 5.02 Å². The number of carbonyl (C=O) groups excluding carboxylic acids is 3. The minimum absolute atomic E-state index is 0.165. The number of nitrogens with zero attached hydrogens (tertiary/aromatic N) is 3. The number of carbonyl (C=O) groups is 3. The van der Waals surface area contributed by atoms with Crippen LogP contribution >= 0.6 is 11.6 Å². The Balaban J connectivity index is 1.67. The number of amides is 4. The van der Waals surface area contributed by atoms with Gasteiger partial charge in [0, 0.05) is 16.8 Å². The van der Waals surface area contributed by atoms with Crippen molar-refractivity contribution in [1.29, 1.82) is 0 Å². The van der Waals surface area contributed by atoms with Crippen molar-refractivity contribution in [2.45, 2.75) is 0 Å². The number of hydrogen-bond acceptors (Lipinski definition) is 4. The van der Waals surface area contributed by atoms with Crippen LogP contribution in [-0.4, -0.2) is 27.6 Å². The first-order chi connectivity index (χ1) is 13.5. The Morgan fingerprint density at radius 2 is 1.64 bits per heavy atom. The molecule has 0 spiro atoms. The van der Waals surface area contributed by atoms with E-state index in [9.17, 15) is 14.4 Å². The van der Waals surface area contributed by atoms with E-state index < -0.39 is 17.8 Å². The largest absolute Gasteiger partial charge is 0.335 e. The normalized spacial score (nSPS) is 15.8. The molecule has 138 valence electrons. The van der Waals surface area contributed by atoms with Gasteiger partial charge in [-0.1, -0.05) is 29.8 Å². The molecule has 0 saturated carbocycles. The van der Waals surface area contributed by atoms with E-state index in [-0.39, 0.29) is 5.57 Å². The zero-order chi connectivity index (χ0) is 19.7. The van der Waals surface area contributed by atoms with Crippen molar-refractivity contribution >= 4 is 41.2 Å². The fourth-order valence-corrected chi connectivity index (χ4v) is 2.91. The van der Waals surface area contributed by atoms with E-state index in [2.05, 4.69) is 10.4 Å². The van der Waals surface area contributed by atoms with Crippen LogP contribution in [0.3, 0.4) is 0 Å². The summed E-state index contributed by atoms with van der Waals surface area (Å²) in [5.74, 6) is -1.48. The summed E-state index contributed by atoms with van der Waals surface area (Å²) in [6, 6.07) is 14.8. The van der Waals surface area contributed by atoms with Gasteiger partial charge in [0.15, 0.2) is 0 Å². The molecule has 8 heteroatoms. The van der Waals surface area contributed by atoms with Crippen molar-refractivity contribution in [1.82, 2.24) is 15.1 Å². The van der Waals surface area contributed by atoms with Crippen LogP contribution in [0.4, 0.5) is 10.5 Å². The third-order valence-electron chi connectivity index (χ3n) is 4.12. The van der Waals surface area contributed by atoms with Gasteiger partial charge in [-0.3, -0.25) is 14.9 Å². The second kappa shape index (κ2) is 7.13. The molecule has 1 aliphatic heterocycles. The SMILES string of the molecule is O=C1NC(=O)N(c2ccc(Cl)cc2)C(=O)C1=Cc1cnn(-c2ccccc2)c1. The number of rotatable bonds is 3. The van der Waals surface area contributed by atoms with Gasteiger partial charge in [0.1, 0.15) is 5.57 Å². The van der Waals surface area contributed by atoms with Gasteiger partial charge in [0.2, 0.25) is 0 Å². The number of aromatic nitrogens is 2. The lowest BCUT2D eigenvalue weighted by Gasteiger charge is -2.26. The first-order valence-electron chi connectivity index (χ1n) is 8.30. The zero-order valence-electron chi connectivity index (χ0n) is 14.4. The molecule has 28 heavy (non-hydrogen) atoms. The fraction of sp³-hybridized carbons (Fsp3) is 0. The number of anilines is 1. The van der Waals surface area contributed by atoms with Gasteiger partial charge in [0.05, 0.1) is 17.6 Å². The number of urea groups is 1. The first kappa shape index (κ1) is 17.7. The second-order valence-electron chi connectivity index (χ2n) is 5.99. The molecular formula is C20H13ClN4O3. The van der Waals surface area contributed by atoms with E-state index in [1.165, 1.54) is 24.4 Å². The van der Waals surface area contributed by atoms with E-state index >= 15 is 0 Å². The molecule has 3 aromatic rings. The standard InChI is InChI=1S/C20H13ClN4O3/c21-14-6-8-16(9-7-14)25-19(27)17(18(26)23-20(25)28)10-13-11-22-24(12-13)15-4-2-1-3-5-15/h1-12H,(H,23,26,28). The lowest BCUT2D eigenvalue weighted by Crippen LogP contribution is -2.54. The molecule has 0 unspecified atom stereocenters. The van der Waals surface area contributed by atoms with Gasteiger partial charge in [-0.15, -0.1) is 0 Å². The molecule has 1 saturated heterocycles. The number of halogens is 1. The molecule has 2 heterocycles. The average molecular weight is 393 g/mol. The van der Waals surface area contributed by atoms with E-state index in [0.29, 0.717) is 16.3 Å². The number of nitrogens with one attached hydrogen (secondary N) is 1. The molecule has 0 radical (unpaired) electrons. The highest BCUT2D eigenvalue weighted by Gasteiger charge is 2.36. The molecule has 1 aromatic heterocycles.